The largest absolute Gasteiger partial charge is 0.337 e. The number of likely N-dealkylation sites (tertiary alicyclic amines) is 1. The van der Waals surface area contributed by atoms with Gasteiger partial charge in [0.25, 0.3) is 0 Å². The van der Waals surface area contributed by atoms with Gasteiger partial charge in [0, 0.05) is 32.1 Å². The zero-order valence-corrected chi connectivity index (χ0v) is 16.7. The number of rotatable bonds is 5. The molecule has 1 amide bonds. The number of benzene rings is 2. The molecule has 1 atom stereocenters. The van der Waals surface area contributed by atoms with E-state index in [-0.39, 0.29) is 11.9 Å². The van der Waals surface area contributed by atoms with Crippen LogP contribution in [-0.4, -0.2) is 33.4 Å². The first kappa shape index (κ1) is 18.6. The fourth-order valence-electron chi connectivity index (χ4n) is 3.87. The Hall–Kier alpha value is -2.79. The van der Waals surface area contributed by atoms with Gasteiger partial charge in [-0.15, -0.1) is 0 Å². The highest BCUT2D eigenvalue weighted by atomic mass is 16.2. The second-order valence-corrected chi connectivity index (χ2v) is 7.62. The summed E-state index contributed by atoms with van der Waals surface area (Å²) in [6.45, 7) is 7.97. The molecule has 3 aromatic rings. The molecule has 0 aliphatic carbocycles. The van der Waals surface area contributed by atoms with E-state index in [1.54, 1.807) is 0 Å². The van der Waals surface area contributed by atoms with Crippen LogP contribution < -0.4 is 5.32 Å². The predicted octanol–water partition coefficient (Wildman–Crippen LogP) is 3.45. The van der Waals surface area contributed by atoms with E-state index in [4.69, 9.17) is 0 Å². The van der Waals surface area contributed by atoms with Crippen molar-refractivity contribution in [3.05, 3.63) is 70.8 Å². The number of carbonyl (C=O) groups excluding carboxylic acids is 1. The van der Waals surface area contributed by atoms with Crippen molar-refractivity contribution >= 4 is 16.7 Å². The summed E-state index contributed by atoms with van der Waals surface area (Å²) in [6, 6.07) is 14.8. The van der Waals surface area contributed by atoms with Crippen molar-refractivity contribution in [2.75, 3.05) is 6.54 Å². The zero-order chi connectivity index (χ0) is 19.7. The minimum atomic E-state index is 0.144. The van der Waals surface area contributed by atoms with Crippen LogP contribution in [0.5, 0.6) is 0 Å². The minimum Gasteiger partial charge on any atom is -0.337 e. The van der Waals surface area contributed by atoms with Gasteiger partial charge in [-0.25, -0.2) is 0 Å². The average molecular weight is 374 g/mol. The molecule has 28 heavy (non-hydrogen) atoms. The monoisotopic (exact) mass is 374 g/mol. The van der Waals surface area contributed by atoms with Gasteiger partial charge >= 0.3 is 0 Å². The Morgan fingerprint density at radius 3 is 2.61 bits per heavy atom. The second kappa shape index (κ2) is 7.68. The van der Waals surface area contributed by atoms with Gasteiger partial charge in [-0.05, 0) is 37.1 Å². The molecule has 1 aliphatic rings. The molecule has 1 N–H and O–H groups in total. The Labute approximate surface area is 165 Å². The van der Waals surface area contributed by atoms with E-state index in [0.717, 1.165) is 29.3 Å². The molecule has 144 valence electrons. The van der Waals surface area contributed by atoms with Crippen LogP contribution in [-0.2, 0) is 17.9 Å². The number of nitrogens with one attached hydrogen (secondary N) is 1. The van der Waals surface area contributed by atoms with E-state index in [0.29, 0.717) is 19.5 Å². The molecular weight excluding hydrogens is 348 g/mol. The lowest BCUT2D eigenvalue weighted by molar-refractivity contribution is -0.128. The molecule has 0 unspecified atom stereocenters. The number of carbonyl (C=O) groups is 1. The number of hydrogen-bond donors (Lipinski definition) is 1. The number of hydrogen-bond acceptors (Lipinski definition) is 4. The van der Waals surface area contributed by atoms with E-state index in [1.807, 2.05) is 31.7 Å². The lowest BCUT2D eigenvalue weighted by atomic mass is 10.0. The minimum absolute atomic E-state index is 0.144. The van der Waals surface area contributed by atoms with Gasteiger partial charge in [0.1, 0.15) is 0 Å². The topological polar surface area (TPSA) is 58.1 Å². The highest BCUT2D eigenvalue weighted by Gasteiger charge is 2.29. The normalized spacial score (nSPS) is 16.9. The van der Waals surface area contributed by atoms with Crippen LogP contribution >= 0.6 is 0 Å². The Kier molecular flexibility index (Phi) is 5.09. The molecule has 1 fully saturated rings. The molecule has 1 aliphatic heterocycles. The van der Waals surface area contributed by atoms with Crippen molar-refractivity contribution in [3.63, 3.8) is 0 Å². The van der Waals surface area contributed by atoms with E-state index >= 15 is 0 Å². The molecule has 2 aromatic carbocycles. The third-order valence-corrected chi connectivity index (χ3v) is 5.59. The van der Waals surface area contributed by atoms with Crippen molar-refractivity contribution < 1.29 is 4.79 Å². The van der Waals surface area contributed by atoms with E-state index in [2.05, 4.69) is 51.7 Å². The Morgan fingerprint density at radius 1 is 1.00 bits per heavy atom. The van der Waals surface area contributed by atoms with Crippen molar-refractivity contribution in [1.29, 1.82) is 0 Å². The van der Waals surface area contributed by atoms with Gasteiger partial charge < -0.3 is 10.2 Å². The van der Waals surface area contributed by atoms with Crippen molar-refractivity contribution in [2.24, 2.45) is 0 Å². The Morgan fingerprint density at radius 2 is 1.75 bits per heavy atom. The van der Waals surface area contributed by atoms with E-state index in [9.17, 15) is 4.79 Å². The van der Waals surface area contributed by atoms with Crippen molar-refractivity contribution in [1.82, 2.24) is 20.2 Å². The highest BCUT2D eigenvalue weighted by molar-refractivity contribution is 5.86. The van der Waals surface area contributed by atoms with Gasteiger partial charge in [-0.3, -0.25) is 14.8 Å². The summed E-state index contributed by atoms with van der Waals surface area (Å²) >= 11 is 0. The molecule has 4 rings (SSSR count). The smallest absolute Gasteiger partial charge is 0.224 e. The summed E-state index contributed by atoms with van der Waals surface area (Å²) in [5.74, 6) is 0.202. The average Bonchev–Trinajstić information content (AvgIpc) is 3.03. The second-order valence-electron chi connectivity index (χ2n) is 7.62. The maximum atomic E-state index is 12.6. The van der Waals surface area contributed by atoms with E-state index < -0.39 is 0 Å². The van der Waals surface area contributed by atoms with Crippen molar-refractivity contribution in [2.45, 2.75) is 46.3 Å². The number of nitrogens with zero attached hydrogens (tertiary/aromatic N) is 3. The predicted molar refractivity (Wildman–Crippen MR) is 111 cm³/mol. The third-order valence-electron chi connectivity index (χ3n) is 5.59. The molecular formula is C23H26N4O. The Bertz CT molecular complexity index is 1030. The molecule has 2 heterocycles. The van der Waals surface area contributed by atoms with Gasteiger partial charge in [0.15, 0.2) is 0 Å². The molecule has 0 saturated carbocycles. The number of aromatic nitrogens is 2. The summed E-state index contributed by atoms with van der Waals surface area (Å²) < 4.78 is 0. The molecule has 5 heteroatoms. The van der Waals surface area contributed by atoms with E-state index in [1.165, 1.54) is 16.3 Å². The van der Waals surface area contributed by atoms with Crippen LogP contribution in [0, 0.1) is 20.8 Å². The van der Waals surface area contributed by atoms with Gasteiger partial charge in [0.05, 0.1) is 22.8 Å². The lowest BCUT2D eigenvalue weighted by Crippen LogP contribution is -2.32. The summed E-state index contributed by atoms with van der Waals surface area (Å²) in [6.07, 6.45) is 0.530. The first-order valence-corrected chi connectivity index (χ1v) is 9.80. The highest BCUT2D eigenvalue weighted by Crippen LogP contribution is 2.22. The van der Waals surface area contributed by atoms with Gasteiger partial charge in [0.2, 0.25) is 5.91 Å². The number of aryl methyl sites for hydroxylation is 3. The van der Waals surface area contributed by atoms with Gasteiger partial charge in [-0.2, -0.15) is 0 Å². The van der Waals surface area contributed by atoms with Crippen LogP contribution in [0.3, 0.4) is 0 Å². The third kappa shape index (κ3) is 3.76. The standard InChI is InChI=1S/C23H26N4O/c1-15-16(2)26-22(17(3)25-15)12-24-20-11-23(28)27(14-20)13-19-9-6-8-18-7-4-5-10-21(18)19/h4-10,20,24H,11-14H2,1-3H3/t20-/m0/s1. The quantitative estimate of drug-likeness (QED) is 0.743. The molecule has 5 nitrogen and oxygen atoms in total. The summed E-state index contributed by atoms with van der Waals surface area (Å²) in [4.78, 5) is 23.7. The van der Waals surface area contributed by atoms with Crippen LogP contribution in [0.25, 0.3) is 10.8 Å². The van der Waals surface area contributed by atoms with Crippen LogP contribution in [0.2, 0.25) is 0 Å². The first-order chi connectivity index (χ1) is 13.5. The summed E-state index contributed by atoms with van der Waals surface area (Å²) in [5, 5.41) is 5.93. The first-order valence-electron chi connectivity index (χ1n) is 9.80. The molecule has 1 aromatic heterocycles. The Balaban J connectivity index is 1.42. The fourth-order valence-corrected chi connectivity index (χ4v) is 3.87. The van der Waals surface area contributed by atoms with Crippen LogP contribution in [0.15, 0.2) is 42.5 Å². The number of amides is 1. The maximum absolute atomic E-state index is 12.6. The van der Waals surface area contributed by atoms with Crippen LogP contribution in [0.1, 0.15) is 34.8 Å². The lowest BCUT2D eigenvalue weighted by Gasteiger charge is -2.18. The molecule has 0 radical (unpaired) electrons. The summed E-state index contributed by atoms with van der Waals surface area (Å²) in [5.41, 5.74) is 5.04. The van der Waals surface area contributed by atoms with Crippen molar-refractivity contribution in [3.8, 4) is 0 Å². The zero-order valence-electron chi connectivity index (χ0n) is 16.7. The maximum Gasteiger partial charge on any atom is 0.224 e. The summed E-state index contributed by atoms with van der Waals surface area (Å²) in [7, 11) is 0. The molecule has 1 saturated heterocycles. The fraction of sp³-hybridized carbons (Fsp3) is 0.348. The van der Waals surface area contributed by atoms with Crippen LogP contribution in [0.4, 0.5) is 0 Å². The molecule has 0 spiro atoms. The van der Waals surface area contributed by atoms with Gasteiger partial charge in [-0.1, -0.05) is 42.5 Å². The SMILES string of the molecule is Cc1nc(C)c(CN[C@H]2CC(=O)N(Cc3cccc4ccccc34)C2)nc1C. The molecule has 0 bridgehead atoms. The number of fused-ring (bicyclic) bond motifs is 1.